The Labute approximate surface area is 133 Å². The Bertz CT molecular complexity index is 717. The van der Waals surface area contributed by atoms with Gasteiger partial charge in [0.05, 0.1) is 19.9 Å². The van der Waals surface area contributed by atoms with E-state index in [0.29, 0.717) is 28.3 Å². The SMILES string of the molecule is COC(=O)c1cc(CNC(=O)c2c(C)noc2C)ccc1OC. The van der Waals surface area contributed by atoms with Crippen molar-refractivity contribution in [1.29, 1.82) is 0 Å². The molecule has 0 spiro atoms. The van der Waals surface area contributed by atoms with Gasteiger partial charge in [0.1, 0.15) is 22.6 Å². The molecule has 1 aromatic heterocycles. The normalized spacial score (nSPS) is 10.3. The fourth-order valence-corrected chi connectivity index (χ4v) is 2.21. The predicted octanol–water partition coefficient (Wildman–Crippen LogP) is 2.02. The van der Waals surface area contributed by atoms with E-state index in [1.54, 1.807) is 32.0 Å². The minimum absolute atomic E-state index is 0.247. The number of esters is 1. The smallest absolute Gasteiger partial charge is 0.341 e. The molecule has 7 heteroatoms. The number of benzene rings is 1. The molecule has 122 valence electrons. The number of nitrogens with one attached hydrogen (secondary N) is 1. The van der Waals surface area contributed by atoms with Gasteiger partial charge in [-0.3, -0.25) is 4.79 Å². The third kappa shape index (κ3) is 3.50. The van der Waals surface area contributed by atoms with Crippen LogP contribution in [0.15, 0.2) is 22.7 Å². The average Bonchev–Trinajstić information content (AvgIpc) is 2.90. The highest BCUT2D eigenvalue weighted by Crippen LogP contribution is 2.21. The second kappa shape index (κ2) is 6.95. The van der Waals surface area contributed by atoms with E-state index in [2.05, 4.69) is 10.5 Å². The minimum atomic E-state index is -0.499. The largest absolute Gasteiger partial charge is 0.496 e. The lowest BCUT2D eigenvalue weighted by Crippen LogP contribution is -2.24. The second-order valence-corrected chi connectivity index (χ2v) is 4.91. The number of methoxy groups -OCH3 is 2. The fraction of sp³-hybridized carbons (Fsp3) is 0.312. The van der Waals surface area contributed by atoms with Crippen LogP contribution in [0.3, 0.4) is 0 Å². The predicted molar refractivity (Wildman–Crippen MR) is 81.5 cm³/mol. The summed E-state index contributed by atoms with van der Waals surface area (Å²) in [6.07, 6.45) is 0. The topological polar surface area (TPSA) is 90.7 Å². The van der Waals surface area contributed by atoms with Gasteiger partial charge >= 0.3 is 5.97 Å². The summed E-state index contributed by atoms with van der Waals surface area (Å²) in [4.78, 5) is 23.9. The first-order valence-electron chi connectivity index (χ1n) is 6.94. The van der Waals surface area contributed by atoms with E-state index in [0.717, 1.165) is 5.56 Å². The Morgan fingerprint density at radius 2 is 2.00 bits per heavy atom. The molecule has 1 N–H and O–H groups in total. The van der Waals surface area contributed by atoms with Crippen molar-refractivity contribution in [3.63, 3.8) is 0 Å². The van der Waals surface area contributed by atoms with E-state index >= 15 is 0 Å². The van der Waals surface area contributed by atoms with Crippen LogP contribution in [0.4, 0.5) is 0 Å². The first kappa shape index (κ1) is 16.5. The van der Waals surface area contributed by atoms with Gasteiger partial charge in [0.15, 0.2) is 0 Å². The number of hydrogen-bond acceptors (Lipinski definition) is 6. The Balaban J connectivity index is 2.15. The van der Waals surface area contributed by atoms with Gasteiger partial charge in [0.2, 0.25) is 0 Å². The fourth-order valence-electron chi connectivity index (χ4n) is 2.21. The van der Waals surface area contributed by atoms with Crippen LogP contribution in [0.25, 0.3) is 0 Å². The van der Waals surface area contributed by atoms with E-state index in [1.807, 2.05) is 0 Å². The summed E-state index contributed by atoms with van der Waals surface area (Å²) in [5.74, 6) is 0.0973. The standard InChI is InChI=1S/C16H18N2O5/c1-9-14(10(2)23-18-9)15(19)17-8-11-5-6-13(21-3)12(7-11)16(20)22-4/h5-7H,8H2,1-4H3,(H,17,19). The maximum Gasteiger partial charge on any atom is 0.341 e. The number of ether oxygens (including phenoxy) is 2. The lowest BCUT2D eigenvalue weighted by molar-refractivity contribution is 0.0597. The van der Waals surface area contributed by atoms with Crippen molar-refractivity contribution >= 4 is 11.9 Å². The molecule has 23 heavy (non-hydrogen) atoms. The molecule has 2 rings (SSSR count). The Hall–Kier alpha value is -2.83. The van der Waals surface area contributed by atoms with Crippen molar-refractivity contribution in [2.24, 2.45) is 0 Å². The molecular weight excluding hydrogens is 300 g/mol. The van der Waals surface area contributed by atoms with Crippen molar-refractivity contribution < 1.29 is 23.6 Å². The first-order valence-corrected chi connectivity index (χ1v) is 6.94. The van der Waals surface area contributed by atoms with E-state index in [1.165, 1.54) is 14.2 Å². The van der Waals surface area contributed by atoms with E-state index in [9.17, 15) is 9.59 Å². The highest BCUT2D eigenvalue weighted by molar-refractivity contribution is 5.96. The van der Waals surface area contributed by atoms with Crippen molar-refractivity contribution in [2.45, 2.75) is 20.4 Å². The molecule has 0 radical (unpaired) electrons. The summed E-state index contributed by atoms with van der Waals surface area (Å²) in [5, 5.41) is 6.52. The zero-order valence-electron chi connectivity index (χ0n) is 13.4. The van der Waals surface area contributed by atoms with Gasteiger partial charge in [-0.1, -0.05) is 11.2 Å². The minimum Gasteiger partial charge on any atom is -0.496 e. The van der Waals surface area contributed by atoms with Crippen LogP contribution >= 0.6 is 0 Å². The second-order valence-electron chi connectivity index (χ2n) is 4.91. The highest BCUT2D eigenvalue weighted by Gasteiger charge is 2.18. The van der Waals surface area contributed by atoms with Gasteiger partial charge in [0, 0.05) is 6.54 Å². The third-order valence-electron chi connectivity index (χ3n) is 3.38. The van der Waals surface area contributed by atoms with Crippen molar-refractivity contribution in [3.05, 3.63) is 46.3 Å². The average molecular weight is 318 g/mol. The van der Waals surface area contributed by atoms with Crippen LogP contribution in [0.2, 0.25) is 0 Å². The molecule has 1 amide bonds. The van der Waals surface area contributed by atoms with Gasteiger partial charge in [-0.15, -0.1) is 0 Å². The van der Waals surface area contributed by atoms with Crippen LogP contribution in [0, 0.1) is 13.8 Å². The summed E-state index contributed by atoms with van der Waals surface area (Å²) >= 11 is 0. The maximum atomic E-state index is 12.2. The van der Waals surface area contributed by atoms with Crippen LogP contribution < -0.4 is 10.1 Å². The molecule has 0 aliphatic carbocycles. The van der Waals surface area contributed by atoms with E-state index in [4.69, 9.17) is 14.0 Å². The van der Waals surface area contributed by atoms with Crippen LogP contribution in [0.5, 0.6) is 5.75 Å². The maximum absolute atomic E-state index is 12.2. The van der Waals surface area contributed by atoms with Gasteiger partial charge in [0.25, 0.3) is 5.91 Å². The molecular formula is C16H18N2O5. The molecule has 7 nitrogen and oxygen atoms in total. The van der Waals surface area contributed by atoms with Crippen LogP contribution in [-0.4, -0.2) is 31.3 Å². The summed E-state index contributed by atoms with van der Waals surface area (Å²) in [7, 11) is 2.77. The quantitative estimate of drug-likeness (QED) is 0.848. The van der Waals surface area contributed by atoms with Crippen molar-refractivity contribution in [2.75, 3.05) is 14.2 Å². The molecule has 0 bridgehead atoms. The van der Waals surface area contributed by atoms with Gasteiger partial charge in [-0.25, -0.2) is 4.79 Å². The van der Waals surface area contributed by atoms with Crippen LogP contribution in [-0.2, 0) is 11.3 Å². The summed E-state index contributed by atoms with van der Waals surface area (Å²) in [6.45, 7) is 3.63. The molecule has 0 atom stereocenters. The zero-order chi connectivity index (χ0) is 17.0. The molecule has 1 heterocycles. The number of hydrogen-bond donors (Lipinski definition) is 1. The molecule has 1 aromatic carbocycles. The molecule has 0 aliphatic rings. The third-order valence-corrected chi connectivity index (χ3v) is 3.38. The molecule has 0 aliphatic heterocycles. The number of carbonyl (C=O) groups excluding carboxylic acids is 2. The summed E-state index contributed by atoms with van der Waals surface area (Å²) < 4.78 is 14.8. The lowest BCUT2D eigenvalue weighted by Gasteiger charge is -2.10. The Morgan fingerprint density at radius 3 is 2.57 bits per heavy atom. The summed E-state index contributed by atoms with van der Waals surface area (Å²) in [6, 6.07) is 5.04. The molecule has 0 unspecified atom stereocenters. The number of amides is 1. The van der Waals surface area contributed by atoms with Gasteiger partial charge < -0.3 is 19.3 Å². The van der Waals surface area contributed by atoms with E-state index in [-0.39, 0.29) is 12.5 Å². The van der Waals surface area contributed by atoms with Crippen molar-refractivity contribution in [1.82, 2.24) is 10.5 Å². The number of carbonyl (C=O) groups is 2. The van der Waals surface area contributed by atoms with Crippen molar-refractivity contribution in [3.8, 4) is 5.75 Å². The number of nitrogens with zero attached hydrogens (tertiary/aromatic N) is 1. The monoisotopic (exact) mass is 318 g/mol. The Kier molecular flexibility index (Phi) is 5.00. The highest BCUT2D eigenvalue weighted by atomic mass is 16.5. The van der Waals surface area contributed by atoms with Crippen LogP contribution in [0.1, 0.15) is 37.7 Å². The Morgan fingerprint density at radius 1 is 1.26 bits per heavy atom. The molecule has 0 fully saturated rings. The van der Waals surface area contributed by atoms with E-state index < -0.39 is 5.97 Å². The lowest BCUT2D eigenvalue weighted by atomic mass is 10.1. The number of aryl methyl sites for hydroxylation is 2. The molecule has 0 saturated heterocycles. The summed E-state index contributed by atoms with van der Waals surface area (Å²) in [5.41, 5.74) is 2.00. The van der Waals surface area contributed by atoms with Gasteiger partial charge in [-0.05, 0) is 31.5 Å². The number of aromatic nitrogens is 1. The van der Waals surface area contributed by atoms with Gasteiger partial charge in [-0.2, -0.15) is 0 Å². The molecule has 2 aromatic rings. The number of rotatable bonds is 5. The first-order chi connectivity index (χ1) is 11.0. The zero-order valence-corrected chi connectivity index (χ0v) is 13.4. The molecule has 0 saturated carbocycles.